The molecular weight excluding hydrogens is 287 g/mol. The maximum atomic E-state index is 13.6. The quantitative estimate of drug-likeness (QED) is 0.942. The minimum Gasteiger partial charge on any atom is -0.373 e. The predicted octanol–water partition coefficient (Wildman–Crippen LogP) is 2.06. The number of aromatic nitrogens is 3. The number of nitrogens with one attached hydrogen (secondary N) is 1. The molecule has 0 bridgehead atoms. The number of aryl methyl sites for hydroxylation is 1. The zero-order valence-corrected chi connectivity index (χ0v) is 12.2. The Kier molecular flexibility index (Phi) is 4.15. The highest BCUT2D eigenvalue weighted by molar-refractivity contribution is 5.93. The molecule has 116 valence electrons. The number of ether oxygens (including phenoxy) is 1. The summed E-state index contributed by atoms with van der Waals surface area (Å²) in [5, 5.41) is 6.75. The van der Waals surface area contributed by atoms with Crippen molar-refractivity contribution in [1.29, 1.82) is 0 Å². The number of carbonyl (C=O) groups excluding carboxylic acids is 1. The first-order valence-electron chi connectivity index (χ1n) is 7.15. The highest BCUT2D eigenvalue weighted by atomic mass is 19.1. The first-order valence-corrected chi connectivity index (χ1v) is 7.15. The fraction of sp³-hybridized carbons (Fsp3) is 0.400. The minimum atomic E-state index is -0.550. The van der Waals surface area contributed by atoms with Crippen LogP contribution in [-0.4, -0.2) is 27.3 Å². The Bertz CT molecular complexity index is 673. The van der Waals surface area contributed by atoms with Crippen molar-refractivity contribution < 1.29 is 13.9 Å². The molecule has 0 aromatic carbocycles. The molecule has 0 unspecified atom stereocenters. The van der Waals surface area contributed by atoms with Gasteiger partial charge in [0, 0.05) is 31.6 Å². The van der Waals surface area contributed by atoms with Crippen LogP contribution in [0, 0.1) is 11.7 Å². The molecule has 2 aromatic heterocycles. The Hall–Kier alpha value is -2.28. The molecule has 2 atom stereocenters. The van der Waals surface area contributed by atoms with Gasteiger partial charge < -0.3 is 10.1 Å². The molecule has 1 aliphatic heterocycles. The van der Waals surface area contributed by atoms with Crippen LogP contribution in [0.25, 0.3) is 0 Å². The maximum Gasteiger partial charge on any atom is 0.230 e. The average Bonchev–Trinajstić information content (AvgIpc) is 2.96. The molecule has 1 saturated heterocycles. The van der Waals surface area contributed by atoms with Crippen LogP contribution in [0.5, 0.6) is 0 Å². The Balaban J connectivity index is 1.78. The number of nitrogens with zero attached hydrogens (tertiary/aromatic N) is 3. The summed E-state index contributed by atoms with van der Waals surface area (Å²) in [6.07, 6.45) is 7.19. The van der Waals surface area contributed by atoms with E-state index in [4.69, 9.17) is 4.74 Å². The molecular formula is C15H17FN4O2. The summed E-state index contributed by atoms with van der Waals surface area (Å²) in [6, 6.07) is 1.44. The van der Waals surface area contributed by atoms with Gasteiger partial charge in [-0.15, -0.1) is 0 Å². The second kappa shape index (κ2) is 6.23. The van der Waals surface area contributed by atoms with Crippen LogP contribution < -0.4 is 5.32 Å². The topological polar surface area (TPSA) is 69.0 Å². The highest BCUT2D eigenvalue weighted by Crippen LogP contribution is 2.34. The second-order valence-electron chi connectivity index (χ2n) is 5.33. The smallest absolute Gasteiger partial charge is 0.230 e. The van der Waals surface area contributed by atoms with Gasteiger partial charge in [-0.1, -0.05) is 0 Å². The molecule has 3 rings (SSSR count). The molecule has 7 heteroatoms. The molecule has 0 spiro atoms. The van der Waals surface area contributed by atoms with Gasteiger partial charge in [-0.2, -0.15) is 5.10 Å². The van der Waals surface area contributed by atoms with Crippen LogP contribution in [0.15, 0.2) is 30.9 Å². The Labute approximate surface area is 127 Å². The van der Waals surface area contributed by atoms with E-state index >= 15 is 0 Å². The number of pyridine rings is 1. The highest BCUT2D eigenvalue weighted by Gasteiger charge is 2.34. The van der Waals surface area contributed by atoms with Crippen molar-refractivity contribution in [1.82, 2.24) is 14.8 Å². The summed E-state index contributed by atoms with van der Waals surface area (Å²) in [6.45, 7) is 0.604. The monoisotopic (exact) mass is 304 g/mol. The van der Waals surface area contributed by atoms with Crippen molar-refractivity contribution in [3.63, 3.8) is 0 Å². The first-order chi connectivity index (χ1) is 10.6. The lowest BCUT2D eigenvalue weighted by Crippen LogP contribution is -2.33. The Morgan fingerprint density at radius 3 is 3.09 bits per heavy atom. The van der Waals surface area contributed by atoms with Crippen molar-refractivity contribution in [2.24, 2.45) is 13.0 Å². The van der Waals surface area contributed by atoms with E-state index < -0.39 is 5.82 Å². The number of halogens is 1. The van der Waals surface area contributed by atoms with Crippen LogP contribution in [0.4, 0.5) is 10.1 Å². The average molecular weight is 304 g/mol. The van der Waals surface area contributed by atoms with Crippen molar-refractivity contribution in [2.45, 2.75) is 18.9 Å². The van der Waals surface area contributed by atoms with Crippen molar-refractivity contribution >= 4 is 11.6 Å². The lowest BCUT2D eigenvalue weighted by atomic mass is 9.90. The SMILES string of the molecule is Cn1cc([C@@H]2OCCC[C@H]2C(=O)Nc2ccncc2F)cn1. The summed E-state index contributed by atoms with van der Waals surface area (Å²) in [4.78, 5) is 16.2. The van der Waals surface area contributed by atoms with Crippen LogP contribution in [-0.2, 0) is 16.6 Å². The van der Waals surface area contributed by atoms with E-state index in [1.807, 2.05) is 13.2 Å². The van der Waals surface area contributed by atoms with Crippen LogP contribution in [0.1, 0.15) is 24.5 Å². The number of hydrogen-bond acceptors (Lipinski definition) is 4. The minimum absolute atomic E-state index is 0.135. The molecule has 1 aliphatic rings. The second-order valence-corrected chi connectivity index (χ2v) is 5.33. The van der Waals surface area contributed by atoms with Gasteiger partial charge >= 0.3 is 0 Å². The maximum absolute atomic E-state index is 13.6. The summed E-state index contributed by atoms with van der Waals surface area (Å²) >= 11 is 0. The van der Waals surface area contributed by atoms with Gasteiger partial charge in [0.15, 0.2) is 5.82 Å². The molecule has 6 nitrogen and oxygen atoms in total. The van der Waals surface area contributed by atoms with Gasteiger partial charge in [-0.3, -0.25) is 14.5 Å². The zero-order chi connectivity index (χ0) is 15.5. The molecule has 1 N–H and O–H groups in total. The standard InChI is InChI=1S/C15H17FN4O2/c1-20-9-10(7-18-20)14-11(3-2-6-22-14)15(21)19-13-4-5-17-8-12(13)16/h4-5,7-9,11,14H,2-3,6H2,1H3,(H,17,19,21)/t11-,14+/m1/s1. The zero-order valence-electron chi connectivity index (χ0n) is 12.2. The summed E-state index contributed by atoms with van der Waals surface area (Å²) in [5.41, 5.74) is 0.994. The van der Waals surface area contributed by atoms with Gasteiger partial charge in [0.05, 0.1) is 30.1 Å². The fourth-order valence-electron chi connectivity index (χ4n) is 2.67. The molecule has 3 heterocycles. The molecule has 1 amide bonds. The van der Waals surface area contributed by atoms with E-state index in [0.29, 0.717) is 13.0 Å². The van der Waals surface area contributed by atoms with E-state index in [0.717, 1.165) is 18.2 Å². The number of rotatable bonds is 3. The third kappa shape index (κ3) is 2.99. The molecule has 1 fully saturated rings. The normalized spacial score (nSPS) is 21.5. The van der Waals surface area contributed by atoms with Crippen LogP contribution in [0.2, 0.25) is 0 Å². The number of amides is 1. The Morgan fingerprint density at radius 1 is 1.50 bits per heavy atom. The van der Waals surface area contributed by atoms with Gasteiger partial charge in [-0.05, 0) is 18.9 Å². The number of carbonyl (C=O) groups is 1. The predicted molar refractivity (Wildman–Crippen MR) is 77.4 cm³/mol. The molecule has 0 aliphatic carbocycles. The first kappa shape index (κ1) is 14.6. The van der Waals surface area contributed by atoms with E-state index in [1.54, 1.807) is 10.9 Å². The van der Waals surface area contributed by atoms with E-state index in [-0.39, 0.29) is 23.6 Å². The van der Waals surface area contributed by atoms with Crippen LogP contribution >= 0.6 is 0 Å². The number of anilines is 1. The van der Waals surface area contributed by atoms with Crippen molar-refractivity contribution in [3.8, 4) is 0 Å². The fourth-order valence-corrected chi connectivity index (χ4v) is 2.67. The third-order valence-corrected chi connectivity index (χ3v) is 3.74. The molecule has 2 aromatic rings. The van der Waals surface area contributed by atoms with Crippen LogP contribution in [0.3, 0.4) is 0 Å². The van der Waals surface area contributed by atoms with Gasteiger partial charge in [0.25, 0.3) is 0 Å². The van der Waals surface area contributed by atoms with Crippen molar-refractivity contribution in [2.75, 3.05) is 11.9 Å². The van der Waals surface area contributed by atoms with E-state index in [1.165, 1.54) is 12.3 Å². The molecule has 0 saturated carbocycles. The lowest BCUT2D eigenvalue weighted by molar-refractivity contribution is -0.129. The third-order valence-electron chi connectivity index (χ3n) is 3.74. The number of hydrogen-bond donors (Lipinski definition) is 1. The van der Waals surface area contributed by atoms with E-state index in [2.05, 4.69) is 15.4 Å². The molecule has 0 radical (unpaired) electrons. The van der Waals surface area contributed by atoms with Gasteiger partial charge in [0.1, 0.15) is 0 Å². The Morgan fingerprint density at radius 2 is 2.36 bits per heavy atom. The van der Waals surface area contributed by atoms with E-state index in [9.17, 15) is 9.18 Å². The summed E-state index contributed by atoms with van der Waals surface area (Å²) in [7, 11) is 1.81. The largest absolute Gasteiger partial charge is 0.373 e. The summed E-state index contributed by atoms with van der Waals surface area (Å²) < 4.78 is 21.0. The van der Waals surface area contributed by atoms with Gasteiger partial charge in [-0.25, -0.2) is 4.39 Å². The van der Waals surface area contributed by atoms with Crippen molar-refractivity contribution in [3.05, 3.63) is 42.2 Å². The lowest BCUT2D eigenvalue weighted by Gasteiger charge is -2.30. The van der Waals surface area contributed by atoms with Gasteiger partial charge in [0.2, 0.25) is 5.91 Å². The summed E-state index contributed by atoms with van der Waals surface area (Å²) in [5.74, 6) is -1.17. The molecule has 22 heavy (non-hydrogen) atoms.